The Balaban J connectivity index is 1.98. The van der Waals surface area contributed by atoms with Crippen LogP contribution >= 0.6 is 0 Å². The number of aliphatic imine (C=N–C) groups is 1. The number of Topliss-reactive ketones (excluding diaryl/α,β-unsaturated/α-hetero) is 1. The van der Waals surface area contributed by atoms with E-state index >= 15 is 0 Å². The van der Waals surface area contributed by atoms with Gasteiger partial charge in [0.15, 0.2) is 5.78 Å². The maximum atomic E-state index is 12.0. The molecule has 0 amide bonds. The molecule has 0 saturated carbocycles. The Labute approximate surface area is 102 Å². The van der Waals surface area contributed by atoms with Crippen LogP contribution in [0.1, 0.15) is 18.9 Å². The Morgan fingerprint density at radius 1 is 1.35 bits per heavy atom. The molecule has 88 valence electrons. The quantitative estimate of drug-likeness (QED) is 0.777. The van der Waals surface area contributed by atoms with Crippen molar-refractivity contribution in [3.63, 3.8) is 0 Å². The van der Waals surface area contributed by atoms with Gasteiger partial charge in [-0.05, 0) is 24.0 Å². The summed E-state index contributed by atoms with van der Waals surface area (Å²) >= 11 is 0. The third-order valence-electron chi connectivity index (χ3n) is 3.04. The summed E-state index contributed by atoms with van der Waals surface area (Å²) in [4.78, 5) is 16.3. The van der Waals surface area contributed by atoms with Crippen molar-refractivity contribution in [2.75, 3.05) is 6.54 Å². The van der Waals surface area contributed by atoms with E-state index in [1.807, 2.05) is 36.4 Å². The van der Waals surface area contributed by atoms with Crippen molar-refractivity contribution in [2.45, 2.75) is 19.8 Å². The summed E-state index contributed by atoms with van der Waals surface area (Å²) in [5, 5.41) is 0. The number of benzene rings is 1. The Kier molecular flexibility index (Phi) is 3.86. The highest BCUT2D eigenvalue weighted by molar-refractivity contribution is 6.44. The molecule has 0 saturated heterocycles. The van der Waals surface area contributed by atoms with Gasteiger partial charge in [0.05, 0.1) is 0 Å². The largest absolute Gasteiger partial charge is 0.292 e. The summed E-state index contributed by atoms with van der Waals surface area (Å²) < 4.78 is 0. The van der Waals surface area contributed by atoms with Crippen LogP contribution in [0, 0.1) is 5.92 Å². The van der Waals surface area contributed by atoms with Crippen molar-refractivity contribution in [3.8, 4) is 0 Å². The summed E-state index contributed by atoms with van der Waals surface area (Å²) in [6, 6.07) is 9.81. The summed E-state index contributed by atoms with van der Waals surface area (Å²) in [7, 11) is 0. The maximum absolute atomic E-state index is 12.0. The van der Waals surface area contributed by atoms with Crippen LogP contribution in [0.25, 0.3) is 0 Å². The summed E-state index contributed by atoms with van der Waals surface area (Å²) in [6.07, 6.45) is 5.51. The van der Waals surface area contributed by atoms with E-state index in [0.29, 0.717) is 18.1 Å². The molecule has 1 aliphatic rings. The van der Waals surface area contributed by atoms with Crippen molar-refractivity contribution < 1.29 is 4.79 Å². The maximum Gasteiger partial charge on any atom is 0.185 e. The SMILES string of the molecule is CCC1C=CC(C(=O)Cc2ccccc2)=NC1. The first-order chi connectivity index (χ1) is 8.29. The number of carbonyl (C=O) groups is 1. The fraction of sp³-hybridized carbons (Fsp3) is 0.333. The van der Waals surface area contributed by atoms with Crippen LogP contribution in [-0.2, 0) is 11.2 Å². The number of dihydropyridines is 1. The zero-order chi connectivity index (χ0) is 12.1. The van der Waals surface area contributed by atoms with Gasteiger partial charge in [0.25, 0.3) is 0 Å². The summed E-state index contributed by atoms with van der Waals surface area (Å²) in [5.74, 6) is 0.616. The predicted octanol–water partition coefficient (Wildman–Crippen LogP) is 2.84. The summed E-state index contributed by atoms with van der Waals surface area (Å²) in [5.41, 5.74) is 1.67. The van der Waals surface area contributed by atoms with Gasteiger partial charge in [-0.25, -0.2) is 0 Å². The van der Waals surface area contributed by atoms with Gasteiger partial charge in [-0.3, -0.25) is 9.79 Å². The Bertz CT molecular complexity index is 445. The molecule has 1 heterocycles. The number of hydrogen-bond donors (Lipinski definition) is 0. The topological polar surface area (TPSA) is 29.4 Å². The lowest BCUT2D eigenvalue weighted by Crippen LogP contribution is -2.19. The van der Waals surface area contributed by atoms with Gasteiger partial charge >= 0.3 is 0 Å². The number of ketones is 1. The smallest absolute Gasteiger partial charge is 0.185 e. The molecule has 1 unspecified atom stereocenters. The second-order valence-corrected chi connectivity index (χ2v) is 4.34. The highest BCUT2D eigenvalue weighted by Gasteiger charge is 2.14. The highest BCUT2D eigenvalue weighted by Crippen LogP contribution is 2.11. The first kappa shape index (κ1) is 11.8. The lowest BCUT2D eigenvalue weighted by atomic mass is 9.99. The fourth-order valence-corrected chi connectivity index (χ4v) is 1.87. The van der Waals surface area contributed by atoms with Crippen molar-refractivity contribution in [2.24, 2.45) is 10.9 Å². The van der Waals surface area contributed by atoms with Crippen molar-refractivity contribution >= 4 is 11.5 Å². The first-order valence-corrected chi connectivity index (χ1v) is 6.09. The van der Waals surface area contributed by atoms with Gasteiger partial charge in [-0.1, -0.05) is 43.3 Å². The monoisotopic (exact) mass is 227 g/mol. The normalized spacial score (nSPS) is 18.9. The van der Waals surface area contributed by atoms with Crippen LogP contribution < -0.4 is 0 Å². The van der Waals surface area contributed by atoms with Crippen LogP contribution in [0.2, 0.25) is 0 Å². The molecule has 1 aliphatic heterocycles. The van der Waals surface area contributed by atoms with Crippen LogP contribution in [0.3, 0.4) is 0 Å². The average Bonchev–Trinajstić information content (AvgIpc) is 2.40. The minimum atomic E-state index is 0.113. The van der Waals surface area contributed by atoms with Gasteiger partial charge in [-0.15, -0.1) is 0 Å². The van der Waals surface area contributed by atoms with E-state index in [0.717, 1.165) is 18.5 Å². The van der Waals surface area contributed by atoms with E-state index in [4.69, 9.17) is 0 Å². The molecule has 2 rings (SSSR count). The van der Waals surface area contributed by atoms with Crippen LogP contribution in [0.15, 0.2) is 47.5 Å². The lowest BCUT2D eigenvalue weighted by molar-refractivity contribution is -0.112. The van der Waals surface area contributed by atoms with E-state index in [1.165, 1.54) is 0 Å². The molecular weight excluding hydrogens is 210 g/mol. The minimum absolute atomic E-state index is 0.113. The third-order valence-corrected chi connectivity index (χ3v) is 3.04. The molecule has 1 atom stereocenters. The molecule has 2 heteroatoms. The zero-order valence-electron chi connectivity index (χ0n) is 10.1. The zero-order valence-corrected chi connectivity index (χ0v) is 10.1. The fourth-order valence-electron chi connectivity index (χ4n) is 1.87. The molecule has 1 aromatic rings. The standard InChI is InChI=1S/C15H17NO/c1-2-12-8-9-14(16-11-12)15(17)10-13-6-4-3-5-7-13/h3-9,12H,2,10-11H2,1H3. The van der Waals surface area contributed by atoms with Crippen LogP contribution in [0.4, 0.5) is 0 Å². The lowest BCUT2D eigenvalue weighted by Gasteiger charge is -2.12. The van der Waals surface area contributed by atoms with E-state index in [2.05, 4.69) is 18.0 Å². The average molecular weight is 227 g/mol. The summed E-state index contributed by atoms with van der Waals surface area (Å²) in [6.45, 7) is 2.89. The van der Waals surface area contributed by atoms with Crippen molar-refractivity contribution in [1.29, 1.82) is 0 Å². The van der Waals surface area contributed by atoms with E-state index in [9.17, 15) is 4.79 Å². The van der Waals surface area contributed by atoms with Gasteiger partial charge in [0.2, 0.25) is 0 Å². The Hall–Kier alpha value is -1.70. The van der Waals surface area contributed by atoms with E-state index in [-0.39, 0.29) is 5.78 Å². The molecular formula is C15H17NO. The number of nitrogens with zero attached hydrogens (tertiary/aromatic N) is 1. The van der Waals surface area contributed by atoms with Crippen molar-refractivity contribution in [3.05, 3.63) is 48.0 Å². The second kappa shape index (κ2) is 5.58. The molecule has 1 aromatic carbocycles. The molecule has 0 aliphatic carbocycles. The highest BCUT2D eigenvalue weighted by atomic mass is 16.1. The first-order valence-electron chi connectivity index (χ1n) is 6.09. The molecule has 0 aromatic heterocycles. The molecule has 17 heavy (non-hydrogen) atoms. The Morgan fingerprint density at radius 2 is 2.12 bits per heavy atom. The minimum Gasteiger partial charge on any atom is -0.292 e. The van der Waals surface area contributed by atoms with E-state index < -0.39 is 0 Å². The molecule has 0 fully saturated rings. The molecule has 0 spiro atoms. The van der Waals surface area contributed by atoms with Crippen LogP contribution in [0.5, 0.6) is 0 Å². The number of allylic oxidation sites excluding steroid dienone is 1. The van der Waals surface area contributed by atoms with E-state index in [1.54, 1.807) is 0 Å². The van der Waals surface area contributed by atoms with Gasteiger partial charge in [0, 0.05) is 13.0 Å². The number of carbonyl (C=O) groups excluding carboxylic acids is 1. The van der Waals surface area contributed by atoms with Crippen LogP contribution in [-0.4, -0.2) is 18.0 Å². The third kappa shape index (κ3) is 3.13. The molecule has 2 nitrogen and oxygen atoms in total. The predicted molar refractivity (Wildman–Crippen MR) is 70.4 cm³/mol. The molecule has 0 bridgehead atoms. The second-order valence-electron chi connectivity index (χ2n) is 4.34. The van der Waals surface area contributed by atoms with Gasteiger partial charge in [-0.2, -0.15) is 0 Å². The van der Waals surface area contributed by atoms with Gasteiger partial charge < -0.3 is 0 Å². The molecule has 0 N–H and O–H groups in total. The number of rotatable bonds is 4. The number of hydrogen-bond acceptors (Lipinski definition) is 2. The van der Waals surface area contributed by atoms with Gasteiger partial charge in [0.1, 0.15) is 5.71 Å². The molecule has 0 radical (unpaired) electrons. The van der Waals surface area contributed by atoms with Crippen molar-refractivity contribution in [1.82, 2.24) is 0 Å². The Morgan fingerprint density at radius 3 is 2.71 bits per heavy atom.